The second kappa shape index (κ2) is 6.22. The summed E-state index contributed by atoms with van der Waals surface area (Å²) < 4.78 is 5.50. The van der Waals surface area contributed by atoms with E-state index in [1.54, 1.807) is 6.20 Å². The molecule has 0 fully saturated rings. The zero-order valence-electron chi connectivity index (χ0n) is 12.8. The van der Waals surface area contributed by atoms with Gasteiger partial charge in [0.25, 0.3) is 0 Å². The highest BCUT2D eigenvalue weighted by atomic mass is 16.6. The molecule has 4 nitrogen and oxygen atoms in total. The van der Waals surface area contributed by atoms with Crippen molar-refractivity contribution in [1.29, 1.82) is 0 Å². The lowest BCUT2D eigenvalue weighted by Gasteiger charge is -2.24. The SMILES string of the molecule is CC(C)(C)OC(=O)C(CCN)c1cnc2ccccc2c1. The first-order valence-corrected chi connectivity index (χ1v) is 7.18. The minimum absolute atomic E-state index is 0.245. The Labute approximate surface area is 125 Å². The van der Waals surface area contributed by atoms with Crippen LogP contribution in [0, 0.1) is 0 Å². The topological polar surface area (TPSA) is 65.2 Å². The van der Waals surface area contributed by atoms with E-state index in [2.05, 4.69) is 4.98 Å². The number of ether oxygens (including phenoxy) is 1. The monoisotopic (exact) mass is 286 g/mol. The van der Waals surface area contributed by atoms with E-state index in [0.29, 0.717) is 13.0 Å². The molecule has 1 unspecified atom stereocenters. The maximum absolute atomic E-state index is 12.4. The van der Waals surface area contributed by atoms with Gasteiger partial charge in [0.2, 0.25) is 0 Å². The first-order chi connectivity index (χ1) is 9.90. The number of carbonyl (C=O) groups excluding carboxylic acids is 1. The summed E-state index contributed by atoms with van der Waals surface area (Å²) in [6.07, 6.45) is 2.29. The fourth-order valence-electron chi connectivity index (χ4n) is 2.24. The smallest absolute Gasteiger partial charge is 0.314 e. The lowest BCUT2D eigenvalue weighted by Crippen LogP contribution is -2.29. The van der Waals surface area contributed by atoms with Gasteiger partial charge in [0.05, 0.1) is 11.4 Å². The summed E-state index contributed by atoms with van der Waals surface area (Å²) in [5, 5.41) is 1.01. The molecule has 0 amide bonds. The van der Waals surface area contributed by atoms with Gasteiger partial charge < -0.3 is 10.5 Å². The molecule has 0 saturated carbocycles. The molecular formula is C17H22N2O2. The van der Waals surface area contributed by atoms with Gasteiger partial charge in [-0.25, -0.2) is 0 Å². The first-order valence-electron chi connectivity index (χ1n) is 7.18. The minimum atomic E-state index is -0.506. The second-order valence-corrected chi connectivity index (χ2v) is 6.12. The Hall–Kier alpha value is -1.94. The second-order valence-electron chi connectivity index (χ2n) is 6.12. The zero-order chi connectivity index (χ0) is 15.5. The van der Waals surface area contributed by atoms with E-state index in [-0.39, 0.29) is 11.9 Å². The molecule has 2 rings (SSSR count). The summed E-state index contributed by atoms with van der Waals surface area (Å²) >= 11 is 0. The van der Waals surface area contributed by atoms with Crippen LogP contribution in [0.3, 0.4) is 0 Å². The molecule has 0 aliphatic heterocycles. The molecule has 0 bridgehead atoms. The van der Waals surface area contributed by atoms with Gasteiger partial charge in [-0.15, -0.1) is 0 Å². The quantitative estimate of drug-likeness (QED) is 0.877. The van der Waals surface area contributed by atoms with Crippen LogP contribution in [0.15, 0.2) is 36.5 Å². The normalized spacial score (nSPS) is 13.1. The Kier molecular flexibility index (Phi) is 4.58. The highest BCUT2D eigenvalue weighted by Gasteiger charge is 2.26. The predicted octanol–water partition coefficient (Wildman–Crippen LogP) is 3.01. The molecule has 1 heterocycles. The van der Waals surface area contributed by atoms with Crippen molar-refractivity contribution in [1.82, 2.24) is 4.98 Å². The lowest BCUT2D eigenvalue weighted by molar-refractivity contribution is -0.156. The molecule has 0 radical (unpaired) electrons. The maximum Gasteiger partial charge on any atom is 0.314 e. The molecule has 1 aromatic carbocycles. The average molecular weight is 286 g/mol. The maximum atomic E-state index is 12.4. The largest absolute Gasteiger partial charge is 0.459 e. The van der Waals surface area contributed by atoms with E-state index in [0.717, 1.165) is 16.5 Å². The van der Waals surface area contributed by atoms with Crippen molar-refractivity contribution in [3.63, 3.8) is 0 Å². The van der Waals surface area contributed by atoms with Crippen molar-refractivity contribution < 1.29 is 9.53 Å². The number of nitrogens with two attached hydrogens (primary N) is 1. The van der Waals surface area contributed by atoms with Crippen molar-refractivity contribution >= 4 is 16.9 Å². The third kappa shape index (κ3) is 4.02. The van der Waals surface area contributed by atoms with Crippen LogP contribution in [0.25, 0.3) is 10.9 Å². The van der Waals surface area contributed by atoms with E-state index in [9.17, 15) is 4.79 Å². The number of esters is 1. The number of hydrogen-bond acceptors (Lipinski definition) is 4. The number of carbonyl (C=O) groups is 1. The van der Waals surface area contributed by atoms with Crippen LogP contribution in [0.2, 0.25) is 0 Å². The van der Waals surface area contributed by atoms with Gasteiger partial charge in [0.1, 0.15) is 5.60 Å². The third-order valence-corrected chi connectivity index (χ3v) is 3.16. The van der Waals surface area contributed by atoms with Crippen LogP contribution in [-0.4, -0.2) is 23.1 Å². The van der Waals surface area contributed by atoms with Crippen molar-refractivity contribution in [2.24, 2.45) is 5.73 Å². The Morgan fingerprint density at radius 1 is 1.33 bits per heavy atom. The Morgan fingerprint density at radius 2 is 2.05 bits per heavy atom. The molecule has 112 valence electrons. The minimum Gasteiger partial charge on any atom is -0.459 e. The van der Waals surface area contributed by atoms with Crippen molar-refractivity contribution in [3.05, 3.63) is 42.1 Å². The molecule has 2 aromatic rings. The van der Waals surface area contributed by atoms with Crippen LogP contribution < -0.4 is 5.73 Å². The van der Waals surface area contributed by atoms with E-state index in [1.807, 2.05) is 51.1 Å². The number of benzene rings is 1. The van der Waals surface area contributed by atoms with Gasteiger partial charge in [-0.3, -0.25) is 9.78 Å². The van der Waals surface area contributed by atoms with Crippen LogP contribution in [0.1, 0.15) is 38.7 Å². The number of para-hydroxylation sites is 1. The van der Waals surface area contributed by atoms with Gasteiger partial charge in [-0.1, -0.05) is 18.2 Å². The highest BCUT2D eigenvalue weighted by molar-refractivity contribution is 5.83. The number of nitrogens with zero attached hydrogens (tertiary/aromatic N) is 1. The van der Waals surface area contributed by atoms with Crippen molar-refractivity contribution in [3.8, 4) is 0 Å². The summed E-state index contributed by atoms with van der Waals surface area (Å²) in [5.74, 6) is -0.614. The van der Waals surface area contributed by atoms with Gasteiger partial charge in [-0.2, -0.15) is 0 Å². The average Bonchev–Trinajstić information content (AvgIpc) is 2.42. The highest BCUT2D eigenvalue weighted by Crippen LogP contribution is 2.25. The molecule has 0 aliphatic rings. The predicted molar refractivity (Wildman–Crippen MR) is 84.0 cm³/mol. The number of pyridine rings is 1. The number of rotatable bonds is 4. The van der Waals surface area contributed by atoms with Crippen LogP contribution in [0.5, 0.6) is 0 Å². The number of aromatic nitrogens is 1. The van der Waals surface area contributed by atoms with Gasteiger partial charge in [0.15, 0.2) is 0 Å². The summed E-state index contributed by atoms with van der Waals surface area (Å²) in [7, 11) is 0. The molecule has 4 heteroatoms. The van der Waals surface area contributed by atoms with Crippen LogP contribution in [0.4, 0.5) is 0 Å². The third-order valence-electron chi connectivity index (χ3n) is 3.16. The molecule has 0 saturated heterocycles. The van der Waals surface area contributed by atoms with Crippen LogP contribution in [-0.2, 0) is 9.53 Å². The molecule has 1 atom stereocenters. The Balaban J connectivity index is 2.33. The summed E-state index contributed by atoms with van der Waals surface area (Å²) in [4.78, 5) is 16.8. The van der Waals surface area contributed by atoms with E-state index in [1.165, 1.54) is 0 Å². The zero-order valence-corrected chi connectivity index (χ0v) is 12.8. The molecule has 21 heavy (non-hydrogen) atoms. The van der Waals surface area contributed by atoms with E-state index in [4.69, 9.17) is 10.5 Å². The Bertz CT molecular complexity index is 632. The summed E-state index contributed by atoms with van der Waals surface area (Å²) in [5.41, 5.74) is 6.92. The van der Waals surface area contributed by atoms with Crippen molar-refractivity contribution in [2.75, 3.05) is 6.54 Å². The van der Waals surface area contributed by atoms with Gasteiger partial charge in [-0.05, 0) is 51.4 Å². The van der Waals surface area contributed by atoms with E-state index >= 15 is 0 Å². The first kappa shape index (κ1) is 15.4. The van der Waals surface area contributed by atoms with Crippen molar-refractivity contribution in [2.45, 2.75) is 38.7 Å². The van der Waals surface area contributed by atoms with E-state index < -0.39 is 5.60 Å². The molecule has 1 aromatic heterocycles. The summed E-state index contributed by atoms with van der Waals surface area (Å²) in [6.45, 7) is 6.02. The fourth-order valence-corrected chi connectivity index (χ4v) is 2.24. The van der Waals surface area contributed by atoms with Gasteiger partial charge in [0, 0.05) is 11.6 Å². The fraction of sp³-hybridized carbons (Fsp3) is 0.412. The lowest BCUT2D eigenvalue weighted by atomic mass is 9.95. The Morgan fingerprint density at radius 3 is 2.71 bits per heavy atom. The number of hydrogen-bond donors (Lipinski definition) is 1. The molecular weight excluding hydrogens is 264 g/mol. The number of fused-ring (bicyclic) bond motifs is 1. The summed E-state index contributed by atoms with van der Waals surface area (Å²) in [6, 6.07) is 9.83. The molecule has 0 aliphatic carbocycles. The van der Waals surface area contributed by atoms with Gasteiger partial charge >= 0.3 is 5.97 Å². The standard InChI is InChI=1S/C17H22N2O2/c1-17(2,3)21-16(20)14(8-9-18)13-10-12-6-4-5-7-15(12)19-11-13/h4-7,10-11,14H,8-9,18H2,1-3H3. The molecule has 2 N–H and O–H groups in total. The molecule has 0 spiro atoms. The van der Waals surface area contributed by atoms with Crippen LogP contribution >= 0.6 is 0 Å².